The molecular weight excluding hydrogens is 178 g/mol. The van der Waals surface area contributed by atoms with Gasteiger partial charge in [0.1, 0.15) is 5.82 Å². The summed E-state index contributed by atoms with van der Waals surface area (Å²) in [5.74, 6) is 0.562. The van der Waals surface area contributed by atoms with Crippen molar-refractivity contribution < 1.29 is 4.74 Å². The van der Waals surface area contributed by atoms with Gasteiger partial charge in [-0.25, -0.2) is 4.98 Å². The van der Waals surface area contributed by atoms with E-state index in [-0.39, 0.29) is 6.04 Å². The Hall–Kier alpha value is -1.13. The van der Waals surface area contributed by atoms with Gasteiger partial charge in [-0.15, -0.1) is 0 Å². The van der Waals surface area contributed by atoms with E-state index < -0.39 is 0 Å². The third kappa shape index (κ3) is 2.68. The van der Waals surface area contributed by atoms with E-state index >= 15 is 0 Å². The standard InChI is InChI=1S/C10H17N3O/c1-3-14-7-9(12-2)8-5-4-6-13-10(8)11/h4-6,9,12H,3,7H2,1-2H3,(H2,11,13). The van der Waals surface area contributed by atoms with E-state index in [0.717, 1.165) is 5.56 Å². The summed E-state index contributed by atoms with van der Waals surface area (Å²) in [7, 11) is 1.89. The highest BCUT2D eigenvalue weighted by molar-refractivity contribution is 5.40. The fourth-order valence-electron chi connectivity index (χ4n) is 1.29. The molecule has 0 aromatic carbocycles. The van der Waals surface area contributed by atoms with Gasteiger partial charge in [0.15, 0.2) is 0 Å². The van der Waals surface area contributed by atoms with Crippen LogP contribution in [0, 0.1) is 0 Å². The minimum atomic E-state index is 0.114. The summed E-state index contributed by atoms with van der Waals surface area (Å²) in [5.41, 5.74) is 6.75. The Morgan fingerprint density at radius 1 is 1.64 bits per heavy atom. The number of likely N-dealkylation sites (N-methyl/N-ethyl adjacent to an activating group) is 1. The Kier molecular flexibility index (Phi) is 4.35. The van der Waals surface area contributed by atoms with Crippen molar-refractivity contribution >= 4 is 5.82 Å². The van der Waals surface area contributed by atoms with Crippen LogP contribution in [-0.2, 0) is 4.74 Å². The number of pyridine rings is 1. The first-order valence-electron chi connectivity index (χ1n) is 4.75. The van der Waals surface area contributed by atoms with Crippen LogP contribution in [-0.4, -0.2) is 25.2 Å². The summed E-state index contributed by atoms with van der Waals surface area (Å²) in [4.78, 5) is 4.04. The van der Waals surface area contributed by atoms with Crippen LogP contribution in [0.3, 0.4) is 0 Å². The first kappa shape index (κ1) is 10.9. The zero-order chi connectivity index (χ0) is 10.4. The summed E-state index contributed by atoms with van der Waals surface area (Å²) >= 11 is 0. The van der Waals surface area contributed by atoms with E-state index in [1.807, 2.05) is 26.1 Å². The topological polar surface area (TPSA) is 60.2 Å². The number of aromatic nitrogens is 1. The van der Waals surface area contributed by atoms with Crippen molar-refractivity contribution in [2.75, 3.05) is 26.0 Å². The van der Waals surface area contributed by atoms with Crippen LogP contribution >= 0.6 is 0 Å². The van der Waals surface area contributed by atoms with Crippen LogP contribution in [0.15, 0.2) is 18.3 Å². The molecule has 4 heteroatoms. The van der Waals surface area contributed by atoms with E-state index in [1.54, 1.807) is 6.20 Å². The third-order valence-corrected chi connectivity index (χ3v) is 2.08. The van der Waals surface area contributed by atoms with Crippen molar-refractivity contribution in [3.8, 4) is 0 Å². The highest BCUT2D eigenvalue weighted by Crippen LogP contribution is 2.17. The van der Waals surface area contributed by atoms with E-state index in [2.05, 4.69) is 10.3 Å². The number of hydrogen-bond donors (Lipinski definition) is 2. The van der Waals surface area contributed by atoms with Crippen molar-refractivity contribution in [1.82, 2.24) is 10.3 Å². The molecule has 1 rings (SSSR count). The molecule has 0 amide bonds. The lowest BCUT2D eigenvalue weighted by Gasteiger charge is -2.17. The maximum absolute atomic E-state index is 5.76. The van der Waals surface area contributed by atoms with Gasteiger partial charge in [-0.1, -0.05) is 6.07 Å². The quantitative estimate of drug-likeness (QED) is 0.734. The lowest BCUT2D eigenvalue weighted by Crippen LogP contribution is -2.23. The first-order chi connectivity index (χ1) is 6.79. The molecule has 14 heavy (non-hydrogen) atoms. The van der Waals surface area contributed by atoms with Gasteiger partial charge in [-0.2, -0.15) is 0 Å². The van der Waals surface area contributed by atoms with Crippen molar-refractivity contribution in [3.63, 3.8) is 0 Å². The number of nitrogen functional groups attached to an aromatic ring is 1. The van der Waals surface area contributed by atoms with Gasteiger partial charge >= 0.3 is 0 Å². The predicted molar refractivity (Wildman–Crippen MR) is 56.9 cm³/mol. The number of nitrogens with one attached hydrogen (secondary N) is 1. The largest absolute Gasteiger partial charge is 0.383 e. The molecule has 1 aromatic rings. The van der Waals surface area contributed by atoms with Crippen LogP contribution in [0.2, 0.25) is 0 Å². The maximum atomic E-state index is 5.76. The second-order valence-electron chi connectivity index (χ2n) is 2.98. The second-order valence-corrected chi connectivity index (χ2v) is 2.98. The summed E-state index contributed by atoms with van der Waals surface area (Å²) in [6.07, 6.45) is 1.69. The number of ether oxygens (including phenoxy) is 1. The molecule has 0 saturated carbocycles. The monoisotopic (exact) mass is 195 g/mol. The third-order valence-electron chi connectivity index (χ3n) is 2.08. The summed E-state index contributed by atoms with van der Waals surface area (Å²) in [5, 5.41) is 3.15. The fraction of sp³-hybridized carbons (Fsp3) is 0.500. The van der Waals surface area contributed by atoms with Crippen LogP contribution in [0.1, 0.15) is 18.5 Å². The number of nitrogens with zero attached hydrogens (tertiary/aromatic N) is 1. The fourth-order valence-corrected chi connectivity index (χ4v) is 1.29. The molecule has 0 fully saturated rings. The lowest BCUT2D eigenvalue weighted by molar-refractivity contribution is 0.125. The van der Waals surface area contributed by atoms with Gasteiger partial charge in [0.25, 0.3) is 0 Å². The molecule has 0 bridgehead atoms. The number of anilines is 1. The van der Waals surface area contributed by atoms with E-state index in [0.29, 0.717) is 19.0 Å². The van der Waals surface area contributed by atoms with Crippen molar-refractivity contribution in [3.05, 3.63) is 23.9 Å². The van der Waals surface area contributed by atoms with Gasteiger partial charge in [-0.3, -0.25) is 0 Å². The molecule has 1 atom stereocenters. The normalized spacial score (nSPS) is 12.7. The van der Waals surface area contributed by atoms with Gasteiger partial charge in [0, 0.05) is 18.4 Å². The molecule has 0 aliphatic rings. The zero-order valence-corrected chi connectivity index (χ0v) is 8.66. The first-order valence-corrected chi connectivity index (χ1v) is 4.75. The van der Waals surface area contributed by atoms with Crippen molar-refractivity contribution in [1.29, 1.82) is 0 Å². The second kappa shape index (κ2) is 5.57. The number of hydrogen-bond acceptors (Lipinski definition) is 4. The summed E-state index contributed by atoms with van der Waals surface area (Å²) < 4.78 is 5.35. The predicted octanol–water partition coefficient (Wildman–Crippen LogP) is 0.961. The van der Waals surface area contributed by atoms with Crippen molar-refractivity contribution in [2.24, 2.45) is 0 Å². The average Bonchev–Trinajstić information content (AvgIpc) is 2.21. The summed E-state index contributed by atoms with van der Waals surface area (Å²) in [6, 6.07) is 3.95. The van der Waals surface area contributed by atoms with Gasteiger partial charge in [0.2, 0.25) is 0 Å². The minimum absolute atomic E-state index is 0.114. The van der Waals surface area contributed by atoms with Crippen LogP contribution < -0.4 is 11.1 Å². The molecule has 0 aliphatic heterocycles. The molecule has 78 valence electrons. The molecule has 1 aromatic heterocycles. The van der Waals surface area contributed by atoms with E-state index in [1.165, 1.54) is 0 Å². The van der Waals surface area contributed by atoms with Gasteiger partial charge < -0.3 is 15.8 Å². The van der Waals surface area contributed by atoms with Crippen LogP contribution in [0.4, 0.5) is 5.82 Å². The van der Waals surface area contributed by atoms with Gasteiger partial charge in [-0.05, 0) is 20.0 Å². The molecular formula is C10H17N3O. The Morgan fingerprint density at radius 3 is 3.00 bits per heavy atom. The number of rotatable bonds is 5. The SMILES string of the molecule is CCOCC(NC)c1cccnc1N. The van der Waals surface area contributed by atoms with Crippen LogP contribution in [0.25, 0.3) is 0 Å². The highest BCUT2D eigenvalue weighted by atomic mass is 16.5. The van der Waals surface area contributed by atoms with Crippen molar-refractivity contribution in [2.45, 2.75) is 13.0 Å². The smallest absolute Gasteiger partial charge is 0.128 e. The molecule has 0 aliphatic carbocycles. The van der Waals surface area contributed by atoms with E-state index in [4.69, 9.17) is 10.5 Å². The molecule has 3 N–H and O–H groups in total. The zero-order valence-electron chi connectivity index (χ0n) is 8.66. The Balaban J connectivity index is 2.73. The minimum Gasteiger partial charge on any atom is -0.383 e. The Morgan fingerprint density at radius 2 is 2.43 bits per heavy atom. The summed E-state index contributed by atoms with van der Waals surface area (Å²) in [6.45, 7) is 3.29. The maximum Gasteiger partial charge on any atom is 0.128 e. The Bertz CT molecular complexity index is 278. The Labute approximate surface area is 84.5 Å². The molecule has 1 unspecified atom stereocenters. The highest BCUT2D eigenvalue weighted by Gasteiger charge is 2.12. The molecule has 4 nitrogen and oxygen atoms in total. The lowest BCUT2D eigenvalue weighted by atomic mass is 10.1. The van der Waals surface area contributed by atoms with E-state index in [9.17, 15) is 0 Å². The van der Waals surface area contributed by atoms with Gasteiger partial charge in [0.05, 0.1) is 12.6 Å². The van der Waals surface area contributed by atoms with Crippen LogP contribution in [0.5, 0.6) is 0 Å². The molecule has 0 radical (unpaired) electrons. The number of nitrogens with two attached hydrogens (primary N) is 1. The average molecular weight is 195 g/mol. The molecule has 1 heterocycles. The molecule has 0 saturated heterocycles. The molecule has 0 spiro atoms.